The molecule has 6 nitrogen and oxygen atoms in total. The number of methoxy groups -OCH3 is 1. The van der Waals surface area contributed by atoms with Gasteiger partial charge in [-0.3, -0.25) is 9.59 Å². The molecule has 0 fully saturated rings. The summed E-state index contributed by atoms with van der Waals surface area (Å²) in [6, 6.07) is 17.6. The number of amides is 1. The monoisotopic (exact) mass is 377 g/mol. The van der Waals surface area contributed by atoms with Crippen LogP contribution in [-0.4, -0.2) is 31.4 Å². The quantitative estimate of drug-likeness (QED) is 0.521. The number of anilines is 1. The molecule has 0 atom stereocenters. The van der Waals surface area contributed by atoms with Crippen LogP contribution in [0.5, 0.6) is 5.75 Å². The first-order valence-electron chi connectivity index (χ1n) is 8.63. The van der Waals surface area contributed by atoms with E-state index < -0.39 is 18.5 Å². The van der Waals surface area contributed by atoms with Gasteiger partial charge in [-0.1, -0.05) is 36.4 Å². The summed E-state index contributed by atoms with van der Waals surface area (Å²) < 4.78 is 10.4. The van der Waals surface area contributed by atoms with Gasteiger partial charge in [-0.15, -0.1) is 0 Å². The molecule has 6 heteroatoms. The number of ether oxygens (including phenoxy) is 2. The normalized spacial score (nSPS) is 10.4. The molecule has 3 aromatic carbocycles. The molecule has 1 N–H and O–H groups in total. The van der Waals surface area contributed by atoms with Crippen LogP contribution in [0.3, 0.4) is 0 Å². The van der Waals surface area contributed by atoms with Crippen LogP contribution < -0.4 is 10.1 Å². The number of carbonyl (C=O) groups excluding carboxylic acids is 3. The molecule has 0 saturated heterocycles. The molecular formula is C22H19NO5. The van der Waals surface area contributed by atoms with E-state index >= 15 is 0 Å². The van der Waals surface area contributed by atoms with E-state index in [0.717, 1.165) is 10.8 Å². The lowest BCUT2D eigenvalue weighted by molar-refractivity contribution is -0.119. The molecule has 0 heterocycles. The summed E-state index contributed by atoms with van der Waals surface area (Å²) in [6.07, 6.45) is 0. The van der Waals surface area contributed by atoms with Gasteiger partial charge in [-0.25, -0.2) is 4.79 Å². The van der Waals surface area contributed by atoms with E-state index in [-0.39, 0.29) is 11.3 Å². The number of esters is 1. The van der Waals surface area contributed by atoms with Gasteiger partial charge < -0.3 is 14.8 Å². The van der Waals surface area contributed by atoms with E-state index in [0.29, 0.717) is 17.0 Å². The van der Waals surface area contributed by atoms with Gasteiger partial charge in [0, 0.05) is 5.56 Å². The number of carbonyl (C=O) groups is 3. The first kappa shape index (κ1) is 19.1. The Bertz CT molecular complexity index is 1060. The first-order valence-corrected chi connectivity index (χ1v) is 8.63. The highest BCUT2D eigenvalue weighted by atomic mass is 16.5. The summed E-state index contributed by atoms with van der Waals surface area (Å²) >= 11 is 0. The fourth-order valence-corrected chi connectivity index (χ4v) is 2.84. The predicted molar refractivity (Wildman–Crippen MR) is 106 cm³/mol. The van der Waals surface area contributed by atoms with Crippen LogP contribution in [0.25, 0.3) is 10.8 Å². The molecule has 0 unspecified atom stereocenters. The summed E-state index contributed by atoms with van der Waals surface area (Å²) in [6.45, 7) is 0.929. The Hall–Kier alpha value is -3.67. The second-order valence-corrected chi connectivity index (χ2v) is 6.13. The summed E-state index contributed by atoms with van der Waals surface area (Å²) in [5.41, 5.74) is 0.996. The van der Waals surface area contributed by atoms with Crippen molar-refractivity contribution in [3.63, 3.8) is 0 Å². The van der Waals surface area contributed by atoms with E-state index in [1.165, 1.54) is 14.0 Å². The minimum Gasteiger partial charge on any atom is -0.496 e. The van der Waals surface area contributed by atoms with Crippen molar-refractivity contribution in [2.24, 2.45) is 0 Å². The third kappa shape index (κ3) is 4.17. The van der Waals surface area contributed by atoms with E-state index in [9.17, 15) is 14.4 Å². The van der Waals surface area contributed by atoms with Crippen LogP contribution in [0.2, 0.25) is 0 Å². The number of nitrogens with one attached hydrogen (secondary N) is 1. The fraction of sp³-hybridized carbons (Fsp3) is 0.136. The molecule has 28 heavy (non-hydrogen) atoms. The van der Waals surface area contributed by atoms with Gasteiger partial charge in [-0.2, -0.15) is 0 Å². The fourth-order valence-electron chi connectivity index (χ4n) is 2.84. The molecule has 3 rings (SSSR count). The van der Waals surface area contributed by atoms with Crippen LogP contribution in [0.15, 0.2) is 60.7 Å². The van der Waals surface area contributed by atoms with Gasteiger partial charge in [0.15, 0.2) is 12.4 Å². The largest absolute Gasteiger partial charge is 0.496 e. The average molecular weight is 377 g/mol. The molecule has 3 aromatic rings. The lowest BCUT2D eigenvalue weighted by atomic mass is 10.1. The van der Waals surface area contributed by atoms with Crippen LogP contribution in [0.1, 0.15) is 27.6 Å². The Morgan fingerprint density at radius 3 is 2.21 bits per heavy atom. The summed E-state index contributed by atoms with van der Waals surface area (Å²) in [4.78, 5) is 36.2. The topological polar surface area (TPSA) is 81.7 Å². The number of hydrogen-bond acceptors (Lipinski definition) is 5. The zero-order chi connectivity index (χ0) is 20.1. The van der Waals surface area contributed by atoms with Gasteiger partial charge in [0.2, 0.25) is 0 Å². The number of Topliss-reactive ketones (excluding diaryl/α,β-unsaturated/α-hetero) is 1. The minimum absolute atomic E-state index is 0.172. The first-order chi connectivity index (χ1) is 13.5. The maximum absolute atomic E-state index is 12.5. The Kier molecular flexibility index (Phi) is 5.69. The Balaban J connectivity index is 1.71. The molecule has 1 amide bonds. The number of benzene rings is 3. The molecule has 0 saturated carbocycles. The second-order valence-electron chi connectivity index (χ2n) is 6.13. The molecule has 0 aliphatic rings. The number of para-hydroxylation sites is 1. The van der Waals surface area contributed by atoms with Crippen molar-refractivity contribution >= 4 is 34.1 Å². The molecule has 142 valence electrons. The molecule has 0 radical (unpaired) electrons. The second kappa shape index (κ2) is 8.35. The van der Waals surface area contributed by atoms with Crippen molar-refractivity contribution < 1.29 is 23.9 Å². The number of hydrogen-bond donors (Lipinski definition) is 1. The van der Waals surface area contributed by atoms with Crippen molar-refractivity contribution in [2.75, 3.05) is 19.0 Å². The molecule has 0 aromatic heterocycles. The van der Waals surface area contributed by atoms with Gasteiger partial charge in [0.25, 0.3) is 5.91 Å². The van der Waals surface area contributed by atoms with Gasteiger partial charge in [0.05, 0.1) is 12.8 Å². The van der Waals surface area contributed by atoms with E-state index in [1.807, 2.05) is 24.3 Å². The SMILES string of the molecule is COc1cc2ccccc2cc1C(=O)OCC(=O)Nc1ccccc1C(C)=O. The molecule has 0 aliphatic heterocycles. The van der Waals surface area contributed by atoms with Crippen molar-refractivity contribution in [3.8, 4) is 5.75 Å². The zero-order valence-electron chi connectivity index (χ0n) is 15.5. The smallest absolute Gasteiger partial charge is 0.342 e. The molecular weight excluding hydrogens is 358 g/mol. The number of ketones is 1. The number of fused-ring (bicyclic) bond motifs is 1. The van der Waals surface area contributed by atoms with Crippen LogP contribution >= 0.6 is 0 Å². The van der Waals surface area contributed by atoms with Crippen LogP contribution in [0.4, 0.5) is 5.69 Å². The third-order valence-corrected chi connectivity index (χ3v) is 4.20. The standard InChI is InChI=1S/C22H19NO5/c1-14(24)17-9-5-6-10-19(17)23-21(25)13-28-22(26)18-11-15-7-3-4-8-16(15)12-20(18)27-2/h3-12H,13H2,1-2H3,(H,23,25). The summed E-state index contributed by atoms with van der Waals surface area (Å²) in [5, 5.41) is 4.37. The highest BCUT2D eigenvalue weighted by molar-refractivity contribution is 6.05. The Morgan fingerprint density at radius 1 is 0.893 bits per heavy atom. The van der Waals surface area contributed by atoms with Crippen molar-refractivity contribution in [1.82, 2.24) is 0 Å². The lowest BCUT2D eigenvalue weighted by Gasteiger charge is -2.11. The molecule has 0 spiro atoms. The molecule has 0 aliphatic carbocycles. The highest BCUT2D eigenvalue weighted by Gasteiger charge is 2.17. The zero-order valence-corrected chi connectivity index (χ0v) is 15.5. The Morgan fingerprint density at radius 2 is 1.54 bits per heavy atom. The maximum Gasteiger partial charge on any atom is 0.342 e. The van der Waals surface area contributed by atoms with Gasteiger partial charge in [-0.05, 0) is 42.0 Å². The number of rotatable bonds is 6. The highest BCUT2D eigenvalue weighted by Crippen LogP contribution is 2.26. The van der Waals surface area contributed by atoms with Gasteiger partial charge in [0.1, 0.15) is 11.3 Å². The molecule has 0 bridgehead atoms. The van der Waals surface area contributed by atoms with E-state index in [1.54, 1.807) is 36.4 Å². The minimum atomic E-state index is -0.669. The van der Waals surface area contributed by atoms with Crippen molar-refractivity contribution in [1.29, 1.82) is 0 Å². The van der Waals surface area contributed by atoms with Crippen LogP contribution in [0, 0.1) is 0 Å². The lowest BCUT2D eigenvalue weighted by Crippen LogP contribution is -2.22. The van der Waals surface area contributed by atoms with Crippen LogP contribution in [-0.2, 0) is 9.53 Å². The summed E-state index contributed by atoms with van der Waals surface area (Å²) in [5.74, 6) is -1.01. The van der Waals surface area contributed by atoms with E-state index in [4.69, 9.17) is 9.47 Å². The summed E-state index contributed by atoms with van der Waals surface area (Å²) in [7, 11) is 1.46. The Labute approximate surface area is 162 Å². The maximum atomic E-state index is 12.5. The average Bonchev–Trinajstić information content (AvgIpc) is 2.71. The van der Waals surface area contributed by atoms with Crippen molar-refractivity contribution in [2.45, 2.75) is 6.92 Å². The van der Waals surface area contributed by atoms with E-state index in [2.05, 4.69) is 5.32 Å². The van der Waals surface area contributed by atoms with Crippen molar-refractivity contribution in [3.05, 3.63) is 71.8 Å². The van der Waals surface area contributed by atoms with Gasteiger partial charge >= 0.3 is 5.97 Å². The predicted octanol–water partition coefficient (Wildman–Crippen LogP) is 3.85. The third-order valence-electron chi connectivity index (χ3n) is 4.20.